The van der Waals surface area contributed by atoms with Gasteiger partial charge in [-0.3, -0.25) is 4.79 Å². The van der Waals surface area contributed by atoms with Crippen LogP contribution >= 0.6 is 0 Å². The van der Waals surface area contributed by atoms with Gasteiger partial charge in [0.2, 0.25) is 5.78 Å². The highest BCUT2D eigenvalue weighted by atomic mass is 16.3. The molecule has 2 nitrogen and oxygen atoms in total. The summed E-state index contributed by atoms with van der Waals surface area (Å²) < 4.78 is 5.25. The van der Waals surface area contributed by atoms with Gasteiger partial charge in [0.1, 0.15) is 0 Å². The number of hydrogen-bond donors (Lipinski definition) is 0. The molecule has 0 unspecified atom stereocenters. The van der Waals surface area contributed by atoms with Crippen molar-refractivity contribution < 1.29 is 9.21 Å². The molecule has 0 spiro atoms. The van der Waals surface area contributed by atoms with E-state index in [9.17, 15) is 4.79 Å². The number of carbonyl (C=O) groups is 1. The first-order valence-corrected chi connectivity index (χ1v) is 4.51. The van der Waals surface area contributed by atoms with Gasteiger partial charge in [-0.2, -0.15) is 0 Å². The zero-order valence-electron chi connectivity index (χ0n) is 7.70. The maximum absolute atomic E-state index is 11.8. The minimum absolute atomic E-state index is 0.00343. The van der Waals surface area contributed by atoms with Gasteiger partial charge in [-0.1, -0.05) is 24.3 Å². The van der Waals surface area contributed by atoms with E-state index < -0.39 is 0 Å². The van der Waals surface area contributed by atoms with Gasteiger partial charge >= 0.3 is 0 Å². The smallest absolute Gasteiger partial charge is 0.229 e. The average Bonchev–Trinajstić information content (AvgIpc) is 2.70. The molecule has 0 N–H and O–H groups in total. The molecular formula is C12H8O2. The van der Waals surface area contributed by atoms with E-state index in [0.717, 1.165) is 22.3 Å². The highest BCUT2D eigenvalue weighted by Crippen LogP contribution is 2.39. The Labute approximate surface area is 81.2 Å². The Kier molecular flexibility index (Phi) is 1.27. The molecule has 0 aliphatic heterocycles. The third-order valence-electron chi connectivity index (χ3n) is 2.62. The van der Waals surface area contributed by atoms with Crippen molar-refractivity contribution >= 4 is 5.78 Å². The fourth-order valence-corrected chi connectivity index (χ4v) is 1.97. The van der Waals surface area contributed by atoms with E-state index in [1.54, 1.807) is 6.26 Å². The lowest BCUT2D eigenvalue weighted by Crippen LogP contribution is -1.92. The third kappa shape index (κ3) is 0.732. The first-order chi connectivity index (χ1) is 6.79. The fraction of sp³-hybridized carbons (Fsp3) is 0.0833. The second kappa shape index (κ2) is 2.35. The largest absolute Gasteiger partial charge is 0.460 e. The molecule has 1 aromatic heterocycles. The van der Waals surface area contributed by atoms with Crippen LogP contribution in [-0.4, -0.2) is 5.78 Å². The second-order valence-corrected chi connectivity index (χ2v) is 3.50. The van der Waals surface area contributed by atoms with Crippen LogP contribution in [-0.2, 0) is 0 Å². The van der Waals surface area contributed by atoms with Gasteiger partial charge in [-0.05, 0) is 18.1 Å². The molecule has 2 aromatic rings. The van der Waals surface area contributed by atoms with Crippen molar-refractivity contribution in [1.29, 1.82) is 0 Å². The molecule has 0 saturated carbocycles. The molecule has 1 aromatic carbocycles. The predicted molar refractivity (Wildman–Crippen MR) is 52.3 cm³/mol. The van der Waals surface area contributed by atoms with Crippen LogP contribution in [0.4, 0.5) is 0 Å². The Morgan fingerprint density at radius 2 is 1.86 bits per heavy atom. The molecule has 0 radical (unpaired) electrons. The molecule has 3 rings (SSSR count). The van der Waals surface area contributed by atoms with Crippen molar-refractivity contribution in [3.63, 3.8) is 0 Å². The number of benzene rings is 1. The molecule has 0 atom stereocenters. The molecule has 1 aliphatic carbocycles. The number of hydrogen-bond acceptors (Lipinski definition) is 2. The number of ketones is 1. The van der Waals surface area contributed by atoms with Crippen LogP contribution in [0.3, 0.4) is 0 Å². The molecule has 1 heterocycles. The maximum atomic E-state index is 11.8. The lowest BCUT2D eigenvalue weighted by atomic mass is 10.1. The Hall–Kier alpha value is -1.83. The number of carbonyl (C=O) groups excluding carboxylic acids is 1. The summed E-state index contributed by atoms with van der Waals surface area (Å²) in [5.74, 6) is 0.493. The van der Waals surface area contributed by atoms with Gasteiger partial charge in [-0.15, -0.1) is 0 Å². The molecule has 0 fully saturated rings. The van der Waals surface area contributed by atoms with Gasteiger partial charge in [0.25, 0.3) is 0 Å². The number of fused-ring (bicyclic) bond motifs is 3. The lowest BCUT2D eigenvalue weighted by Gasteiger charge is -1.96. The van der Waals surface area contributed by atoms with E-state index in [0.29, 0.717) is 5.76 Å². The molecule has 0 amide bonds. The SMILES string of the molecule is Cc1coc2c1-c1ccccc1C2=O. The average molecular weight is 184 g/mol. The normalized spacial score (nSPS) is 12.8. The molecule has 0 saturated heterocycles. The summed E-state index contributed by atoms with van der Waals surface area (Å²) in [4.78, 5) is 11.8. The van der Waals surface area contributed by atoms with Gasteiger partial charge < -0.3 is 4.42 Å². The van der Waals surface area contributed by atoms with Crippen LogP contribution in [0.5, 0.6) is 0 Å². The van der Waals surface area contributed by atoms with E-state index in [4.69, 9.17) is 4.42 Å². The summed E-state index contributed by atoms with van der Waals surface area (Å²) in [5.41, 5.74) is 3.74. The highest BCUT2D eigenvalue weighted by Gasteiger charge is 2.30. The minimum atomic E-state index is 0.00343. The Morgan fingerprint density at radius 3 is 2.64 bits per heavy atom. The first kappa shape index (κ1) is 7.56. The van der Waals surface area contributed by atoms with E-state index in [1.807, 2.05) is 31.2 Å². The highest BCUT2D eigenvalue weighted by molar-refractivity contribution is 6.20. The quantitative estimate of drug-likeness (QED) is 0.537. The maximum Gasteiger partial charge on any atom is 0.229 e. The summed E-state index contributed by atoms with van der Waals surface area (Å²) in [6, 6.07) is 7.61. The van der Waals surface area contributed by atoms with E-state index in [-0.39, 0.29) is 5.78 Å². The van der Waals surface area contributed by atoms with Gasteiger partial charge in [0, 0.05) is 11.1 Å². The summed E-state index contributed by atoms with van der Waals surface area (Å²) in [6.07, 6.45) is 1.64. The van der Waals surface area contributed by atoms with E-state index in [2.05, 4.69) is 0 Å². The van der Waals surface area contributed by atoms with Gasteiger partial charge in [0.15, 0.2) is 5.76 Å². The lowest BCUT2D eigenvalue weighted by molar-refractivity contribution is 0.101. The van der Waals surface area contributed by atoms with Crippen LogP contribution < -0.4 is 0 Å². The first-order valence-electron chi connectivity index (χ1n) is 4.51. The van der Waals surface area contributed by atoms with Crippen molar-refractivity contribution in [3.8, 4) is 11.1 Å². The fourth-order valence-electron chi connectivity index (χ4n) is 1.97. The number of aryl methyl sites for hydroxylation is 1. The summed E-state index contributed by atoms with van der Waals surface area (Å²) in [5, 5.41) is 0. The molecular weight excluding hydrogens is 176 g/mol. The molecule has 0 bridgehead atoms. The molecule has 14 heavy (non-hydrogen) atoms. The Balaban J connectivity index is 2.44. The third-order valence-corrected chi connectivity index (χ3v) is 2.62. The minimum Gasteiger partial charge on any atom is -0.460 e. The number of rotatable bonds is 0. The van der Waals surface area contributed by atoms with Crippen molar-refractivity contribution in [2.45, 2.75) is 6.92 Å². The van der Waals surface area contributed by atoms with Crippen LogP contribution in [0.2, 0.25) is 0 Å². The van der Waals surface area contributed by atoms with Crippen molar-refractivity contribution in [3.05, 3.63) is 47.4 Å². The summed E-state index contributed by atoms with van der Waals surface area (Å²) >= 11 is 0. The summed E-state index contributed by atoms with van der Waals surface area (Å²) in [7, 11) is 0. The van der Waals surface area contributed by atoms with Crippen molar-refractivity contribution in [1.82, 2.24) is 0 Å². The zero-order chi connectivity index (χ0) is 9.71. The Bertz CT molecular complexity index is 535. The second-order valence-electron chi connectivity index (χ2n) is 3.50. The monoisotopic (exact) mass is 184 g/mol. The zero-order valence-corrected chi connectivity index (χ0v) is 7.70. The molecule has 2 heteroatoms. The van der Waals surface area contributed by atoms with E-state index in [1.165, 1.54) is 0 Å². The summed E-state index contributed by atoms with van der Waals surface area (Å²) in [6.45, 7) is 1.96. The standard InChI is InChI=1S/C12H8O2/c1-7-6-14-12-10(7)8-4-2-3-5-9(8)11(12)13/h2-6H,1H3. The predicted octanol–water partition coefficient (Wildman–Crippen LogP) is 2.80. The van der Waals surface area contributed by atoms with Crippen molar-refractivity contribution in [2.24, 2.45) is 0 Å². The topological polar surface area (TPSA) is 30.2 Å². The van der Waals surface area contributed by atoms with Crippen molar-refractivity contribution in [2.75, 3.05) is 0 Å². The van der Waals surface area contributed by atoms with Crippen LogP contribution in [0.25, 0.3) is 11.1 Å². The number of furan rings is 1. The molecule has 1 aliphatic rings. The van der Waals surface area contributed by atoms with E-state index >= 15 is 0 Å². The van der Waals surface area contributed by atoms with Gasteiger partial charge in [0.05, 0.1) is 6.26 Å². The Morgan fingerprint density at radius 1 is 1.14 bits per heavy atom. The van der Waals surface area contributed by atoms with Gasteiger partial charge in [-0.25, -0.2) is 0 Å². The van der Waals surface area contributed by atoms with Crippen LogP contribution in [0.1, 0.15) is 21.7 Å². The molecule has 68 valence electrons. The van der Waals surface area contributed by atoms with Crippen LogP contribution in [0.15, 0.2) is 34.9 Å². The van der Waals surface area contributed by atoms with Crippen LogP contribution in [0, 0.1) is 6.92 Å².